The summed E-state index contributed by atoms with van der Waals surface area (Å²) in [6, 6.07) is -11.8. The van der Waals surface area contributed by atoms with Gasteiger partial charge in [0.1, 0.15) is 60.0 Å². The van der Waals surface area contributed by atoms with Crippen LogP contribution in [0.4, 0.5) is 4.79 Å². The quantitative estimate of drug-likeness (QED) is 0.0211. The number of hydrogen-bond acceptors (Lipinski definition) is 20. The van der Waals surface area contributed by atoms with Crippen LogP contribution in [-0.2, 0) is 67.0 Å². The molecule has 0 aromatic heterocycles. The van der Waals surface area contributed by atoms with Crippen LogP contribution >= 0.6 is 0 Å². The lowest BCUT2D eigenvalue weighted by molar-refractivity contribution is -0.159. The number of alkyl carbamates (subject to hydrolysis) is 1. The first-order valence-corrected chi connectivity index (χ1v) is 32.3. The van der Waals surface area contributed by atoms with Crippen LogP contribution in [0.15, 0.2) is 30.3 Å². The predicted molar refractivity (Wildman–Crippen MR) is 349 cm³/mol. The Balaban J connectivity index is 3.17. The highest BCUT2D eigenvalue weighted by molar-refractivity contribution is 6.00. The molecule has 0 aliphatic carbocycles. The van der Waals surface area contributed by atoms with Crippen molar-refractivity contribution in [3.63, 3.8) is 0 Å². The topological polar surface area (TPSA) is 536 Å². The fourth-order valence-corrected chi connectivity index (χ4v) is 9.78. The number of carboxylic acids is 1. The van der Waals surface area contributed by atoms with E-state index in [0.29, 0.717) is 0 Å². The fraction of sp³-hybridized carbons (Fsp3) is 0.683. The van der Waals surface area contributed by atoms with Crippen molar-refractivity contribution in [2.75, 3.05) is 19.7 Å². The van der Waals surface area contributed by atoms with Crippen LogP contribution in [0.1, 0.15) is 147 Å². The number of hydrogen-bond donors (Lipinski definition) is 19. The second-order valence-corrected chi connectivity index (χ2v) is 26.6. The predicted octanol–water partition coefficient (Wildman–Crippen LogP) is -3.06. The van der Waals surface area contributed by atoms with Gasteiger partial charge in [-0.05, 0) is 95.0 Å². The molecule has 2 rings (SSSR count). The normalized spacial score (nSPS) is 23.9. The number of nitrogens with one attached hydrogen (secondary N) is 13. The lowest BCUT2D eigenvalue weighted by atomic mass is 9.95. The zero-order valence-corrected chi connectivity index (χ0v) is 57.7. The molecule has 1 heterocycles. The van der Waals surface area contributed by atoms with Crippen molar-refractivity contribution in [3.05, 3.63) is 35.9 Å². The van der Waals surface area contributed by atoms with Crippen molar-refractivity contribution < 1.29 is 97.3 Å². The first-order valence-electron chi connectivity index (χ1n) is 32.3. The van der Waals surface area contributed by atoms with Crippen LogP contribution in [0.5, 0.6) is 0 Å². The zero-order valence-electron chi connectivity index (χ0n) is 57.7. The summed E-state index contributed by atoms with van der Waals surface area (Å²) in [5, 5.41) is 90.5. The van der Waals surface area contributed by atoms with Gasteiger partial charge in [0.2, 0.25) is 59.1 Å². The van der Waals surface area contributed by atoms with Gasteiger partial charge in [-0.1, -0.05) is 106 Å². The molecule has 0 unspecified atom stereocenters. The number of rotatable bonds is 24. The Kier molecular flexibility index (Phi) is 34.8. The summed E-state index contributed by atoms with van der Waals surface area (Å²) in [4.78, 5) is 184. The third-order valence-electron chi connectivity index (χ3n) is 15.1. The first-order chi connectivity index (χ1) is 45.1. The number of nitrogens with two attached hydrogens (primary N) is 1. The van der Waals surface area contributed by atoms with Crippen molar-refractivity contribution in [1.82, 2.24) is 63.8 Å². The Morgan fingerprint density at radius 3 is 1.70 bits per heavy atom. The third-order valence-corrected chi connectivity index (χ3v) is 15.1. The molecule has 97 heavy (non-hydrogen) atoms. The van der Waals surface area contributed by atoms with Crippen LogP contribution in [0, 0.1) is 35.0 Å². The van der Waals surface area contributed by atoms with E-state index in [1.807, 2.05) is 10.6 Å². The van der Waals surface area contributed by atoms with Gasteiger partial charge in [-0.25, -0.2) is 14.4 Å². The minimum Gasteiger partial charge on any atom is -0.479 e. The Morgan fingerprint density at radius 1 is 0.660 bits per heavy atom. The molecular weight excluding hydrogens is 1270 g/mol. The van der Waals surface area contributed by atoms with Crippen molar-refractivity contribution in [2.24, 2.45) is 35.3 Å². The molecule has 1 aliphatic heterocycles. The summed E-state index contributed by atoms with van der Waals surface area (Å²) in [5.41, 5.74) is 4.38. The maximum atomic E-state index is 15.5. The summed E-state index contributed by atoms with van der Waals surface area (Å²) < 4.78 is 11.3. The highest BCUT2D eigenvalue weighted by Crippen LogP contribution is 2.25. The van der Waals surface area contributed by atoms with Gasteiger partial charge in [-0.3, -0.25) is 53.4 Å². The maximum Gasteiger partial charge on any atom is 0.408 e. The molecule has 34 heteroatoms. The molecule has 0 spiro atoms. The van der Waals surface area contributed by atoms with Crippen molar-refractivity contribution in [3.8, 4) is 0 Å². The fourth-order valence-electron chi connectivity index (χ4n) is 9.78. The van der Waals surface area contributed by atoms with Crippen LogP contribution in [0.3, 0.4) is 0 Å². The molecule has 0 radical (unpaired) electrons. The highest BCUT2D eigenvalue weighted by Gasteiger charge is 2.44. The summed E-state index contributed by atoms with van der Waals surface area (Å²) in [6.07, 6.45) is -9.77. The molecule has 1 aliphatic rings. The molecule has 34 nitrogen and oxygen atoms in total. The number of ether oxygens (including phenoxy) is 2. The molecule has 1 saturated heterocycles. The molecule has 1 aromatic carbocycles. The van der Waals surface area contributed by atoms with Gasteiger partial charge in [0.05, 0.1) is 25.4 Å². The van der Waals surface area contributed by atoms with Gasteiger partial charge >= 0.3 is 18.0 Å². The zero-order chi connectivity index (χ0) is 73.9. The average molecular weight is 1380 g/mol. The molecule has 0 saturated carbocycles. The van der Waals surface area contributed by atoms with E-state index in [4.69, 9.17) is 20.6 Å². The van der Waals surface area contributed by atoms with E-state index >= 15 is 9.59 Å². The van der Waals surface area contributed by atoms with Crippen LogP contribution < -0.4 is 69.5 Å². The summed E-state index contributed by atoms with van der Waals surface area (Å²) in [6.45, 7) is 19.7. The second-order valence-electron chi connectivity index (χ2n) is 26.6. The van der Waals surface area contributed by atoms with Gasteiger partial charge in [0.25, 0.3) is 0 Å². The number of carboxylic acid groups (broad SMARTS) is 1. The van der Waals surface area contributed by atoms with E-state index in [9.17, 15) is 78.3 Å². The highest BCUT2D eigenvalue weighted by atomic mass is 16.6. The minimum atomic E-state index is -2.82. The Morgan fingerprint density at radius 2 is 1.19 bits per heavy atom. The van der Waals surface area contributed by atoms with Gasteiger partial charge in [0, 0.05) is 6.54 Å². The minimum absolute atomic E-state index is 0.00497. The monoisotopic (exact) mass is 1380 g/mol. The SMILES string of the molecule is CC[C@H](C)[C@@H]1NC(=O)[C@@H](CCCNC(=N)N)NC(=O)[C@H](CC(C)C)NC(=O)[C@H]([C@H](O)C(C)C)NC(=O)[C@@H](NC(=O)[C@H](CC(C)C)NC(=O)[C@@H](CC(C)C)NC(=O)OC(C)(C)C)[C@@H](c2ccccc2)OC(=O)[C@H](CO)NC(=O)[C@H]([C@H](O)C(=O)O)NC(=O)CNC(=O)[C@H]([C@H](C)O)NC1=O. The second kappa shape index (κ2) is 40.1. The third kappa shape index (κ3) is 28.8. The summed E-state index contributed by atoms with van der Waals surface area (Å²) in [5.74, 6) is -18.9. The van der Waals surface area contributed by atoms with Crippen molar-refractivity contribution in [1.29, 1.82) is 5.41 Å². The van der Waals surface area contributed by atoms with E-state index in [1.165, 1.54) is 44.2 Å². The lowest BCUT2D eigenvalue weighted by Gasteiger charge is -2.34. The number of benzene rings is 1. The molecule has 15 atom stereocenters. The van der Waals surface area contributed by atoms with Crippen LogP contribution in [0.25, 0.3) is 0 Å². The number of carbonyl (C=O) groups is 13. The van der Waals surface area contributed by atoms with Gasteiger partial charge in [0.15, 0.2) is 24.2 Å². The number of esters is 1. The van der Waals surface area contributed by atoms with Gasteiger partial charge < -0.3 is 105 Å². The van der Waals surface area contributed by atoms with E-state index in [-0.39, 0.29) is 56.6 Å². The van der Waals surface area contributed by atoms with Crippen LogP contribution in [-0.4, -0.2) is 213 Å². The standard InChI is InChI=1S/C63H104N14O20/c1-15-33(10)42-55(88)75-43(34(11)79)54(87)67-27-41(80)73-45(48(82)59(92)93)57(90)71-40(28-78)60(94)96-49(35-20-17-16-18-21-35)46(77-53(86)38(25-30(4)5)69-52(85)39(26-31(6)7)72-62(95)97-63(12,13)14)58(91)76-44(47(81)32(8)9)56(89)70-37(24-29(2)3)51(84)68-36(50(83)74-42)22-19-23-66-61(64)65/h16-18,20-21,29-34,36-40,42-49,78-79,81-82H,15,19,22-28H2,1-14H3,(H,67,87)(H,68,84)(H,69,85)(H,70,89)(H,71,90)(H,72,95)(H,73,80)(H,74,83)(H,75,88)(H,76,91)(H,77,86)(H,92,93)(H4,64,65,66)/t33-,34-,36+,37-,38-,39+,40-,42-,43-,44-,45-,46-,47+,48-,49+/m0/s1. The van der Waals surface area contributed by atoms with E-state index < -0.39 is 210 Å². The number of guanidine groups is 1. The van der Waals surface area contributed by atoms with E-state index in [0.717, 1.165) is 6.92 Å². The van der Waals surface area contributed by atoms with Gasteiger partial charge in [-0.15, -0.1) is 0 Å². The van der Waals surface area contributed by atoms with E-state index in [1.54, 1.807) is 76.2 Å². The number of amides is 11. The maximum absolute atomic E-state index is 15.5. The Hall–Kier alpha value is -8.76. The molecule has 0 bridgehead atoms. The number of cyclic esters (lactones) is 1. The Bertz CT molecular complexity index is 2870. The first kappa shape index (κ1) is 84.3. The number of aliphatic hydroxyl groups is 4. The average Bonchev–Trinajstić information content (AvgIpc) is 0.821. The number of aliphatic hydroxyl groups excluding tert-OH is 4. The smallest absolute Gasteiger partial charge is 0.408 e. The number of aliphatic carboxylic acids is 1. The van der Waals surface area contributed by atoms with Crippen molar-refractivity contribution in [2.45, 2.75) is 226 Å². The molecule has 1 aromatic rings. The number of carbonyl (C=O) groups excluding carboxylic acids is 12. The largest absolute Gasteiger partial charge is 0.479 e. The Labute approximate surface area is 564 Å². The summed E-state index contributed by atoms with van der Waals surface area (Å²) in [7, 11) is 0. The molecule has 546 valence electrons. The van der Waals surface area contributed by atoms with Gasteiger partial charge in [-0.2, -0.15) is 0 Å². The van der Waals surface area contributed by atoms with Crippen molar-refractivity contribution >= 4 is 83.1 Å². The lowest BCUT2D eigenvalue weighted by Crippen LogP contribution is -2.64. The summed E-state index contributed by atoms with van der Waals surface area (Å²) >= 11 is 0. The van der Waals surface area contributed by atoms with Crippen LogP contribution in [0.2, 0.25) is 0 Å². The molecule has 20 N–H and O–H groups in total. The molecule has 11 amide bonds. The molecule has 1 fully saturated rings. The molecular formula is C63H104N14O20. The van der Waals surface area contributed by atoms with E-state index in [2.05, 4.69) is 53.2 Å².